The molecule has 4 heteroatoms. The number of hydrogen-bond acceptors (Lipinski definition) is 2. The van der Waals surface area contributed by atoms with Crippen LogP contribution in [0, 0.1) is 0 Å². The van der Waals surface area contributed by atoms with Crippen LogP contribution in [0.5, 0.6) is 5.75 Å². The molecule has 0 saturated heterocycles. The van der Waals surface area contributed by atoms with Crippen molar-refractivity contribution in [3.63, 3.8) is 0 Å². The fourth-order valence-corrected chi connectivity index (χ4v) is 3.42. The van der Waals surface area contributed by atoms with Gasteiger partial charge in [0.05, 0.1) is 19.2 Å². The van der Waals surface area contributed by atoms with Crippen molar-refractivity contribution in [3.05, 3.63) is 57.6 Å². The molecule has 0 fully saturated rings. The van der Waals surface area contributed by atoms with E-state index in [1.807, 2.05) is 18.2 Å². The summed E-state index contributed by atoms with van der Waals surface area (Å²) in [6.07, 6.45) is 5.19. The summed E-state index contributed by atoms with van der Waals surface area (Å²) in [5.41, 5.74) is 4.60. The van der Waals surface area contributed by atoms with E-state index in [0.717, 1.165) is 22.9 Å². The van der Waals surface area contributed by atoms with Crippen LogP contribution in [0.4, 0.5) is 5.69 Å². The van der Waals surface area contributed by atoms with Crippen molar-refractivity contribution in [1.82, 2.24) is 0 Å². The molecule has 1 aliphatic carbocycles. The number of halogens is 1. The summed E-state index contributed by atoms with van der Waals surface area (Å²) in [4.78, 5) is 12.3. The third kappa shape index (κ3) is 3.94. The van der Waals surface area contributed by atoms with Gasteiger partial charge in [-0.25, -0.2) is 0 Å². The van der Waals surface area contributed by atoms with Gasteiger partial charge in [-0.1, -0.05) is 34.1 Å². The SMILES string of the molecule is COc1ccc(Br)cc1NC(=O)Cc1ccc2c(c1)CCCC2. The first-order chi connectivity index (χ1) is 11.2. The number of hydrogen-bond donors (Lipinski definition) is 1. The van der Waals surface area contributed by atoms with Gasteiger partial charge in [0.25, 0.3) is 0 Å². The molecule has 120 valence electrons. The second kappa shape index (κ2) is 7.18. The van der Waals surface area contributed by atoms with Gasteiger partial charge >= 0.3 is 0 Å². The number of methoxy groups -OCH3 is 1. The van der Waals surface area contributed by atoms with Crippen LogP contribution in [0.1, 0.15) is 29.5 Å². The Morgan fingerprint density at radius 2 is 1.91 bits per heavy atom. The van der Waals surface area contributed by atoms with Crippen molar-refractivity contribution in [2.45, 2.75) is 32.1 Å². The number of rotatable bonds is 4. The Labute approximate surface area is 145 Å². The zero-order valence-electron chi connectivity index (χ0n) is 13.2. The maximum absolute atomic E-state index is 12.3. The standard InChI is InChI=1S/C19H20BrNO2/c1-23-18-9-8-16(20)12-17(18)21-19(22)11-13-6-7-14-4-2-3-5-15(14)10-13/h6-10,12H,2-5,11H2,1H3,(H,21,22). The lowest BCUT2D eigenvalue weighted by Crippen LogP contribution is -2.15. The van der Waals surface area contributed by atoms with E-state index < -0.39 is 0 Å². The molecular weight excluding hydrogens is 354 g/mol. The monoisotopic (exact) mass is 373 g/mol. The number of fused-ring (bicyclic) bond motifs is 1. The van der Waals surface area contributed by atoms with Gasteiger partial charge in [-0.2, -0.15) is 0 Å². The summed E-state index contributed by atoms with van der Waals surface area (Å²) in [5, 5.41) is 2.94. The van der Waals surface area contributed by atoms with Crippen LogP contribution in [-0.4, -0.2) is 13.0 Å². The average Bonchev–Trinajstić information content (AvgIpc) is 2.55. The number of amides is 1. The highest BCUT2D eigenvalue weighted by Crippen LogP contribution is 2.28. The second-order valence-electron chi connectivity index (χ2n) is 5.88. The van der Waals surface area contributed by atoms with E-state index in [0.29, 0.717) is 17.9 Å². The summed E-state index contributed by atoms with van der Waals surface area (Å²) in [6, 6.07) is 12.0. The van der Waals surface area contributed by atoms with Crippen LogP contribution < -0.4 is 10.1 Å². The third-order valence-corrected chi connectivity index (χ3v) is 4.71. The number of benzene rings is 2. The first kappa shape index (κ1) is 16.1. The summed E-state index contributed by atoms with van der Waals surface area (Å²) in [7, 11) is 1.60. The zero-order chi connectivity index (χ0) is 16.2. The average molecular weight is 374 g/mol. The summed E-state index contributed by atoms with van der Waals surface area (Å²) in [6.45, 7) is 0. The fourth-order valence-electron chi connectivity index (χ4n) is 3.05. The minimum Gasteiger partial charge on any atom is -0.495 e. The highest BCUT2D eigenvalue weighted by atomic mass is 79.9. The lowest BCUT2D eigenvalue weighted by Gasteiger charge is -2.16. The maximum atomic E-state index is 12.3. The number of ether oxygens (including phenoxy) is 1. The van der Waals surface area contributed by atoms with Gasteiger partial charge in [0.2, 0.25) is 5.91 Å². The smallest absolute Gasteiger partial charge is 0.228 e. The molecule has 0 unspecified atom stereocenters. The van der Waals surface area contributed by atoms with Gasteiger partial charge in [-0.3, -0.25) is 4.79 Å². The van der Waals surface area contributed by atoms with E-state index >= 15 is 0 Å². The van der Waals surface area contributed by atoms with E-state index in [2.05, 4.69) is 39.4 Å². The van der Waals surface area contributed by atoms with Crippen LogP contribution in [-0.2, 0) is 24.1 Å². The second-order valence-corrected chi connectivity index (χ2v) is 6.80. The molecule has 3 nitrogen and oxygen atoms in total. The predicted molar refractivity (Wildman–Crippen MR) is 96.1 cm³/mol. The molecule has 1 N–H and O–H groups in total. The van der Waals surface area contributed by atoms with E-state index in [-0.39, 0.29) is 5.91 Å². The number of carbonyl (C=O) groups is 1. The van der Waals surface area contributed by atoms with Crippen LogP contribution in [0.3, 0.4) is 0 Å². The highest BCUT2D eigenvalue weighted by molar-refractivity contribution is 9.10. The number of nitrogens with one attached hydrogen (secondary N) is 1. The predicted octanol–water partition coefficient (Wildman–Crippen LogP) is 4.52. The van der Waals surface area contributed by atoms with Crippen LogP contribution in [0.25, 0.3) is 0 Å². The minimum atomic E-state index is -0.0304. The van der Waals surface area contributed by atoms with Crippen LogP contribution in [0.2, 0.25) is 0 Å². The zero-order valence-corrected chi connectivity index (χ0v) is 14.8. The molecule has 0 spiro atoms. The molecule has 0 atom stereocenters. The summed E-state index contributed by atoms with van der Waals surface area (Å²) in [5.74, 6) is 0.629. The van der Waals surface area contributed by atoms with E-state index in [1.54, 1.807) is 7.11 Å². The lowest BCUT2D eigenvalue weighted by atomic mass is 9.90. The van der Waals surface area contributed by atoms with E-state index in [4.69, 9.17) is 4.74 Å². The van der Waals surface area contributed by atoms with Crippen molar-refractivity contribution in [1.29, 1.82) is 0 Å². The molecule has 0 heterocycles. The van der Waals surface area contributed by atoms with Gasteiger partial charge in [-0.05, 0) is 60.6 Å². The Bertz CT molecular complexity index is 727. The van der Waals surface area contributed by atoms with Crippen LogP contribution in [0.15, 0.2) is 40.9 Å². The van der Waals surface area contributed by atoms with Gasteiger partial charge < -0.3 is 10.1 Å². The molecule has 0 saturated carbocycles. The Hall–Kier alpha value is -1.81. The molecule has 0 aliphatic heterocycles. The first-order valence-corrected chi connectivity index (χ1v) is 8.69. The molecule has 0 aromatic heterocycles. The molecule has 1 aliphatic rings. The molecular formula is C19H20BrNO2. The van der Waals surface area contributed by atoms with Crippen LogP contribution >= 0.6 is 15.9 Å². The first-order valence-electron chi connectivity index (χ1n) is 7.90. The van der Waals surface area contributed by atoms with Crippen molar-refractivity contribution >= 4 is 27.5 Å². The minimum absolute atomic E-state index is 0.0304. The Morgan fingerprint density at radius 1 is 1.13 bits per heavy atom. The van der Waals surface area contributed by atoms with Gasteiger partial charge in [-0.15, -0.1) is 0 Å². The normalized spacial score (nSPS) is 13.3. The van der Waals surface area contributed by atoms with Gasteiger partial charge in [0.1, 0.15) is 5.75 Å². The largest absolute Gasteiger partial charge is 0.495 e. The summed E-state index contributed by atoms with van der Waals surface area (Å²) < 4.78 is 6.20. The molecule has 2 aromatic carbocycles. The maximum Gasteiger partial charge on any atom is 0.228 e. The topological polar surface area (TPSA) is 38.3 Å². The Kier molecular flexibility index (Phi) is 5.01. The third-order valence-electron chi connectivity index (χ3n) is 4.21. The molecule has 23 heavy (non-hydrogen) atoms. The molecule has 3 rings (SSSR count). The van der Waals surface area contributed by atoms with Crippen molar-refractivity contribution in [3.8, 4) is 5.75 Å². The Balaban J connectivity index is 1.71. The molecule has 0 bridgehead atoms. The molecule has 2 aromatic rings. The van der Waals surface area contributed by atoms with E-state index in [1.165, 1.54) is 24.0 Å². The molecule has 1 amide bonds. The number of aryl methyl sites for hydroxylation is 2. The van der Waals surface area contributed by atoms with Crippen molar-refractivity contribution in [2.75, 3.05) is 12.4 Å². The number of anilines is 1. The quantitative estimate of drug-likeness (QED) is 0.855. The van der Waals surface area contributed by atoms with E-state index in [9.17, 15) is 4.79 Å². The van der Waals surface area contributed by atoms with Gasteiger partial charge in [0, 0.05) is 4.47 Å². The fraction of sp³-hybridized carbons (Fsp3) is 0.316. The highest BCUT2D eigenvalue weighted by Gasteiger charge is 2.12. The van der Waals surface area contributed by atoms with Gasteiger partial charge in [0.15, 0.2) is 0 Å². The number of carbonyl (C=O) groups excluding carboxylic acids is 1. The van der Waals surface area contributed by atoms with Crippen molar-refractivity contribution in [2.24, 2.45) is 0 Å². The lowest BCUT2D eigenvalue weighted by molar-refractivity contribution is -0.115. The molecule has 0 radical (unpaired) electrons. The van der Waals surface area contributed by atoms with Crippen molar-refractivity contribution < 1.29 is 9.53 Å². The summed E-state index contributed by atoms with van der Waals surface area (Å²) >= 11 is 3.42. The Morgan fingerprint density at radius 3 is 2.70 bits per heavy atom.